The molecule has 1 rings (SSSR count). The first-order valence-corrected chi connectivity index (χ1v) is 6.15. The van der Waals surface area contributed by atoms with E-state index >= 15 is 0 Å². The predicted octanol–water partition coefficient (Wildman–Crippen LogP) is 2.39. The highest BCUT2D eigenvalue weighted by Crippen LogP contribution is 2.30. The Labute approximate surface area is 107 Å². The molecule has 0 aliphatic heterocycles. The molecule has 2 N–H and O–H groups in total. The lowest BCUT2D eigenvalue weighted by molar-refractivity contribution is -0.147. The molecule has 0 aliphatic carbocycles. The van der Waals surface area contributed by atoms with Crippen LogP contribution in [0.2, 0.25) is 0 Å². The number of unbranched alkanes of at least 4 members (excludes halogenated alkanes) is 1. The highest BCUT2D eigenvalue weighted by atomic mass is 19.1. The van der Waals surface area contributed by atoms with E-state index in [1.54, 1.807) is 12.1 Å². The number of rotatable bonds is 6. The second-order valence-corrected chi connectivity index (χ2v) is 4.39. The number of benzene rings is 1. The van der Waals surface area contributed by atoms with Crippen molar-refractivity contribution >= 4 is 5.97 Å². The van der Waals surface area contributed by atoms with Gasteiger partial charge in [0, 0.05) is 6.54 Å². The average molecular weight is 253 g/mol. The third kappa shape index (κ3) is 2.88. The van der Waals surface area contributed by atoms with E-state index in [2.05, 4.69) is 0 Å². The van der Waals surface area contributed by atoms with E-state index in [9.17, 15) is 9.18 Å². The first-order valence-electron chi connectivity index (χ1n) is 6.15. The van der Waals surface area contributed by atoms with Crippen molar-refractivity contribution in [3.63, 3.8) is 0 Å². The predicted molar refractivity (Wildman–Crippen MR) is 68.7 cm³/mol. The van der Waals surface area contributed by atoms with Crippen molar-refractivity contribution in [2.24, 2.45) is 5.73 Å². The Morgan fingerprint density at radius 3 is 2.44 bits per heavy atom. The minimum absolute atomic E-state index is 0.158. The van der Waals surface area contributed by atoms with Crippen LogP contribution in [0, 0.1) is 5.82 Å². The van der Waals surface area contributed by atoms with Gasteiger partial charge in [0.1, 0.15) is 11.2 Å². The van der Waals surface area contributed by atoms with Crippen molar-refractivity contribution in [3.8, 4) is 0 Å². The molecule has 0 spiro atoms. The summed E-state index contributed by atoms with van der Waals surface area (Å²) in [6.07, 6.45) is 2.43. The maximum Gasteiger partial charge on any atom is 0.317 e. The van der Waals surface area contributed by atoms with E-state index in [1.165, 1.54) is 19.2 Å². The van der Waals surface area contributed by atoms with Crippen LogP contribution in [0.15, 0.2) is 24.3 Å². The standard InChI is InChI=1S/C14H20FNO2/c1-3-4-9-14(10-16,13(17)18-2)11-5-7-12(15)8-6-11/h5-8H,3-4,9-10,16H2,1-2H3. The normalized spacial score (nSPS) is 14.0. The molecule has 0 aliphatic rings. The van der Waals surface area contributed by atoms with Crippen LogP contribution in [0.25, 0.3) is 0 Å². The fourth-order valence-corrected chi connectivity index (χ4v) is 2.11. The van der Waals surface area contributed by atoms with Crippen molar-refractivity contribution in [1.29, 1.82) is 0 Å². The van der Waals surface area contributed by atoms with Crippen molar-refractivity contribution < 1.29 is 13.9 Å². The van der Waals surface area contributed by atoms with Gasteiger partial charge in [-0.1, -0.05) is 31.9 Å². The molecule has 1 aromatic carbocycles. The van der Waals surface area contributed by atoms with Crippen LogP contribution < -0.4 is 5.73 Å². The van der Waals surface area contributed by atoms with Crippen LogP contribution in [-0.2, 0) is 14.9 Å². The summed E-state index contributed by atoms with van der Waals surface area (Å²) in [5.74, 6) is -0.685. The summed E-state index contributed by atoms with van der Waals surface area (Å²) in [6.45, 7) is 2.20. The molecule has 1 atom stereocenters. The highest BCUT2D eigenvalue weighted by molar-refractivity contribution is 5.83. The van der Waals surface area contributed by atoms with Gasteiger partial charge >= 0.3 is 5.97 Å². The maximum atomic E-state index is 13.0. The summed E-state index contributed by atoms with van der Waals surface area (Å²) in [7, 11) is 1.35. The fraction of sp³-hybridized carbons (Fsp3) is 0.500. The van der Waals surface area contributed by atoms with Gasteiger partial charge in [-0.3, -0.25) is 4.79 Å². The molecule has 4 heteroatoms. The number of carbonyl (C=O) groups excluding carboxylic acids is 1. The molecule has 0 radical (unpaired) electrons. The Kier molecular flexibility index (Phi) is 5.28. The number of nitrogens with two attached hydrogens (primary N) is 1. The second-order valence-electron chi connectivity index (χ2n) is 4.39. The van der Waals surface area contributed by atoms with Gasteiger partial charge in [0.15, 0.2) is 0 Å². The Balaban J connectivity index is 3.16. The molecule has 1 aromatic rings. The van der Waals surface area contributed by atoms with Crippen LogP contribution in [0.4, 0.5) is 4.39 Å². The minimum Gasteiger partial charge on any atom is -0.468 e. The molecule has 0 fully saturated rings. The summed E-state index contributed by atoms with van der Waals surface area (Å²) in [6, 6.07) is 5.90. The smallest absolute Gasteiger partial charge is 0.317 e. The first-order chi connectivity index (χ1) is 8.60. The van der Waals surface area contributed by atoms with Gasteiger partial charge in [0.05, 0.1) is 7.11 Å². The molecule has 100 valence electrons. The summed E-state index contributed by atoms with van der Waals surface area (Å²) in [4.78, 5) is 12.1. The topological polar surface area (TPSA) is 52.3 Å². The average Bonchev–Trinajstić information content (AvgIpc) is 2.41. The number of halogens is 1. The van der Waals surface area contributed by atoms with Crippen LogP contribution >= 0.6 is 0 Å². The number of hydrogen-bond acceptors (Lipinski definition) is 3. The summed E-state index contributed by atoms with van der Waals surface area (Å²) < 4.78 is 17.8. The Morgan fingerprint density at radius 1 is 1.39 bits per heavy atom. The molecule has 0 saturated heterocycles. The number of esters is 1. The van der Waals surface area contributed by atoms with E-state index in [0.717, 1.165) is 12.8 Å². The molecule has 0 heterocycles. The lowest BCUT2D eigenvalue weighted by Gasteiger charge is -2.30. The van der Waals surface area contributed by atoms with Gasteiger partial charge < -0.3 is 10.5 Å². The van der Waals surface area contributed by atoms with Crippen LogP contribution in [0.5, 0.6) is 0 Å². The Morgan fingerprint density at radius 2 is 2.00 bits per heavy atom. The molecule has 1 unspecified atom stereocenters. The van der Waals surface area contributed by atoms with Gasteiger partial charge in [0.25, 0.3) is 0 Å². The second kappa shape index (κ2) is 6.50. The number of carbonyl (C=O) groups is 1. The molecule has 18 heavy (non-hydrogen) atoms. The zero-order valence-electron chi connectivity index (χ0n) is 10.9. The van der Waals surface area contributed by atoms with E-state index in [0.29, 0.717) is 12.0 Å². The summed E-state index contributed by atoms with van der Waals surface area (Å²) in [5.41, 5.74) is 5.65. The van der Waals surface area contributed by atoms with Gasteiger partial charge in [-0.25, -0.2) is 4.39 Å². The van der Waals surface area contributed by atoms with Crippen molar-refractivity contribution in [2.75, 3.05) is 13.7 Å². The number of ether oxygens (including phenoxy) is 1. The quantitative estimate of drug-likeness (QED) is 0.792. The zero-order chi connectivity index (χ0) is 13.6. The minimum atomic E-state index is -0.863. The van der Waals surface area contributed by atoms with Gasteiger partial charge in [-0.05, 0) is 24.1 Å². The first kappa shape index (κ1) is 14.6. The maximum absolute atomic E-state index is 13.0. The highest BCUT2D eigenvalue weighted by Gasteiger charge is 2.39. The molecule has 0 saturated carbocycles. The van der Waals surface area contributed by atoms with Crippen molar-refractivity contribution in [3.05, 3.63) is 35.6 Å². The number of methoxy groups -OCH3 is 1. The molecule has 3 nitrogen and oxygen atoms in total. The molecular formula is C14H20FNO2. The molecule has 0 bridgehead atoms. The zero-order valence-corrected chi connectivity index (χ0v) is 10.9. The van der Waals surface area contributed by atoms with Gasteiger partial charge in [-0.15, -0.1) is 0 Å². The van der Waals surface area contributed by atoms with Gasteiger partial charge in [-0.2, -0.15) is 0 Å². The monoisotopic (exact) mass is 253 g/mol. The lowest BCUT2D eigenvalue weighted by Crippen LogP contribution is -2.43. The Bertz CT molecular complexity index is 391. The largest absolute Gasteiger partial charge is 0.468 e. The van der Waals surface area contributed by atoms with E-state index in [4.69, 9.17) is 10.5 Å². The van der Waals surface area contributed by atoms with E-state index in [-0.39, 0.29) is 18.3 Å². The summed E-state index contributed by atoms with van der Waals surface area (Å²) >= 11 is 0. The van der Waals surface area contributed by atoms with Crippen LogP contribution in [0.3, 0.4) is 0 Å². The lowest BCUT2D eigenvalue weighted by atomic mass is 9.76. The molecular weight excluding hydrogens is 233 g/mol. The van der Waals surface area contributed by atoms with Crippen molar-refractivity contribution in [2.45, 2.75) is 31.6 Å². The molecule has 0 aromatic heterocycles. The SMILES string of the molecule is CCCCC(CN)(C(=O)OC)c1ccc(F)cc1. The Hall–Kier alpha value is -1.42. The van der Waals surface area contributed by atoms with Gasteiger partial charge in [0.2, 0.25) is 0 Å². The number of hydrogen-bond donors (Lipinski definition) is 1. The van der Waals surface area contributed by atoms with Crippen LogP contribution in [-0.4, -0.2) is 19.6 Å². The molecule has 0 amide bonds. The third-order valence-corrected chi connectivity index (χ3v) is 3.28. The summed E-state index contributed by atoms with van der Waals surface area (Å²) in [5, 5.41) is 0. The van der Waals surface area contributed by atoms with Crippen LogP contribution in [0.1, 0.15) is 31.7 Å². The third-order valence-electron chi connectivity index (χ3n) is 3.28. The van der Waals surface area contributed by atoms with E-state index < -0.39 is 5.41 Å². The van der Waals surface area contributed by atoms with Crippen molar-refractivity contribution in [1.82, 2.24) is 0 Å². The van der Waals surface area contributed by atoms with E-state index in [1.807, 2.05) is 6.92 Å². The fourth-order valence-electron chi connectivity index (χ4n) is 2.11.